The Bertz CT molecular complexity index is 450. The SMILES string of the molecule is O=C(NCc1cc(Br)cc2c1OCC2)OCCO. The quantitative estimate of drug-likeness (QED) is 0.885. The third kappa shape index (κ3) is 3.14. The second-order valence-electron chi connectivity index (χ2n) is 3.86. The number of aliphatic hydroxyl groups excluding tert-OH is 1. The molecule has 1 aliphatic heterocycles. The summed E-state index contributed by atoms with van der Waals surface area (Å²) in [4.78, 5) is 11.3. The summed E-state index contributed by atoms with van der Waals surface area (Å²) in [6.45, 7) is 0.835. The van der Waals surface area contributed by atoms with Gasteiger partial charge in [0, 0.05) is 23.0 Å². The molecular weight excluding hydrogens is 302 g/mol. The summed E-state index contributed by atoms with van der Waals surface area (Å²) >= 11 is 3.43. The van der Waals surface area contributed by atoms with Crippen molar-refractivity contribution in [2.24, 2.45) is 0 Å². The molecule has 0 spiro atoms. The maximum absolute atomic E-state index is 11.3. The molecule has 1 aliphatic rings. The van der Waals surface area contributed by atoms with Crippen molar-refractivity contribution >= 4 is 22.0 Å². The fraction of sp³-hybridized carbons (Fsp3) is 0.417. The van der Waals surface area contributed by atoms with Crippen molar-refractivity contribution in [2.75, 3.05) is 19.8 Å². The number of hydrogen-bond donors (Lipinski definition) is 2. The van der Waals surface area contributed by atoms with E-state index in [9.17, 15) is 4.79 Å². The van der Waals surface area contributed by atoms with Crippen LogP contribution in [0.25, 0.3) is 0 Å². The maximum Gasteiger partial charge on any atom is 0.407 e. The van der Waals surface area contributed by atoms with Crippen LogP contribution >= 0.6 is 15.9 Å². The van der Waals surface area contributed by atoms with Gasteiger partial charge in [0.05, 0.1) is 13.2 Å². The van der Waals surface area contributed by atoms with E-state index < -0.39 is 6.09 Å². The van der Waals surface area contributed by atoms with Crippen molar-refractivity contribution < 1.29 is 19.4 Å². The predicted octanol–water partition coefficient (Wildman–Crippen LogP) is 1.60. The first kappa shape index (κ1) is 13.2. The molecular formula is C12H14BrNO4. The summed E-state index contributed by atoms with van der Waals surface area (Å²) in [6, 6.07) is 3.94. The number of benzene rings is 1. The van der Waals surface area contributed by atoms with Crippen molar-refractivity contribution in [1.82, 2.24) is 5.32 Å². The molecule has 0 unspecified atom stereocenters. The third-order valence-corrected chi connectivity index (χ3v) is 3.03. The van der Waals surface area contributed by atoms with Crippen LogP contribution in [0.4, 0.5) is 4.79 Å². The van der Waals surface area contributed by atoms with Crippen LogP contribution in [0.1, 0.15) is 11.1 Å². The molecule has 6 heteroatoms. The molecule has 5 nitrogen and oxygen atoms in total. The number of nitrogens with one attached hydrogen (secondary N) is 1. The topological polar surface area (TPSA) is 67.8 Å². The average Bonchev–Trinajstić information content (AvgIpc) is 2.81. The van der Waals surface area contributed by atoms with Gasteiger partial charge in [0.2, 0.25) is 0 Å². The normalized spacial score (nSPS) is 12.8. The molecule has 98 valence electrons. The Labute approximate surface area is 113 Å². The Kier molecular flexibility index (Phi) is 4.43. The van der Waals surface area contributed by atoms with Gasteiger partial charge in [-0.3, -0.25) is 0 Å². The molecule has 0 saturated heterocycles. The molecule has 0 atom stereocenters. The van der Waals surface area contributed by atoms with Crippen LogP contribution in [0.2, 0.25) is 0 Å². The maximum atomic E-state index is 11.3. The smallest absolute Gasteiger partial charge is 0.407 e. The van der Waals surface area contributed by atoms with Gasteiger partial charge >= 0.3 is 6.09 Å². The molecule has 0 aromatic heterocycles. The van der Waals surface area contributed by atoms with Gasteiger partial charge < -0.3 is 19.9 Å². The van der Waals surface area contributed by atoms with Gasteiger partial charge in [-0.15, -0.1) is 0 Å². The van der Waals surface area contributed by atoms with E-state index in [1.165, 1.54) is 0 Å². The lowest BCUT2D eigenvalue weighted by atomic mass is 10.1. The predicted molar refractivity (Wildman–Crippen MR) is 68.6 cm³/mol. The van der Waals surface area contributed by atoms with Gasteiger partial charge in [-0.05, 0) is 17.7 Å². The molecule has 0 bridgehead atoms. The number of halogens is 1. The molecule has 2 rings (SSSR count). The lowest BCUT2D eigenvalue weighted by molar-refractivity contribution is 0.118. The van der Waals surface area contributed by atoms with Gasteiger partial charge in [-0.25, -0.2) is 4.79 Å². The number of ether oxygens (including phenoxy) is 2. The van der Waals surface area contributed by atoms with Crippen LogP contribution in [0.5, 0.6) is 5.75 Å². The van der Waals surface area contributed by atoms with E-state index in [2.05, 4.69) is 21.2 Å². The van der Waals surface area contributed by atoms with Crippen molar-refractivity contribution in [2.45, 2.75) is 13.0 Å². The van der Waals surface area contributed by atoms with Crippen LogP contribution in [-0.2, 0) is 17.7 Å². The molecule has 1 heterocycles. The van der Waals surface area contributed by atoms with Gasteiger partial charge in [0.1, 0.15) is 12.4 Å². The summed E-state index contributed by atoms with van der Waals surface area (Å²) < 4.78 is 11.2. The first-order valence-electron chi connectivity index (χ1n) is 5.66. The van der Waals surface area contributed by atoms with Crippen molar-refractivity contribution in [1.29, 1.82) is 0 Å². The Morgan fingerprint density at radius 1 is 1.56 bits per heavy atom. The summed E-state index contributed by atoms with van der Waals surface area (Å²) in [7, 11) is 0. The number of carbonyl (C=O) groups is 1. The standard InChI is InChI=1S/C12H14BrNO4/c13-10-5-8-1-3-17-11(8)9(6-10)7-14-12(16)18-4-2-15/h5-6,15H,1-4,7H2,(H,14,16). The van der Waals surface area contributed by atoms with Crippen LogP contribution in [0.15, 0.2) is 16.6 Å². The molecule has 2 N–H and O–H groups in total. The van der Waals surface area contributed by atoms with Crippen molar-refractivity contribution in [3.05, 3.63) is 27.7 Å². The highest BCUT2D eigenvalue weighted by molar-refractivity contribution is 9.10. The van der Waals surface area contributed by atoms with Crippen LogP contribution < -0.4 is 10.1 Å². The summed E-state index contributed by atoms with van der Waals surface area (Å²) in [5.74, 6) is 0.848. The molecule has 1 amide bonds. The molecule has 0 radical (unpaired) electrons. The fourth-order valence-corrected chi connectivity index (χ4v) is 2.39. The van der Waals surface area contributed by atoms with E-state index in [0.717, 1.165) is 27.8 Å². The minimum absolute atomic E-state index is 0.00107. The van der Waals surface area contributed by atoms with E-state index in [4.69, 9.17) is 14.6 Å². The fourth-order valence-electron chi connectivity index (χ4n) is 1.83. The van der Waals surface area contributed by atoms with Crippen LogP contribution in [-0.4, -0.2) is 31.0 Å². The lowest BCUT2D eigenvalue weighted by Crippen LogP contribution is -2.25. The first-order chi connectivity index (χ1) is 8.70. The summed E-state index contributed by atoms with van der Waals surface area (Å²) in [6.07, 6.45) is 0.340. The molecule has 18 heavy (non-hydrogen) atoms. The minimum Gasteiger partial charge on any atom is -0.493 e. The second-order valence-corrected chi connectivity index (χ2v) is 4.78. The van der Waals surface area contributed by atoms with Gasteiger partial charge in [-0.1, -0.05) is 15.9 Å². The highest BCUT2D eigenvalue weighted by Gasteiger charge is 2.17. The highest BCUT2D eigenvalue weighted by atomic mass is 79.9. The Hall–Kier alpha value is -1.27. The van der Waals surface area contributed by atoms with Gasteiger partial charge in [0.25, 0.3) is 0 Å². The van der Waals surface area contributed by atoms with Gasteiger partial charge in [0.15, 0.2) is 0 Å². The molecule has 1 aromatic rings. The first-order valence-corrected chi connectivity index (χ1v) is 6.45. The number of aliphatic hydroxyl groups is 1. The van der Waals surface area contributed by atoms with Crippen molar-refractivity contribution in [3.63, 3.8) is 0 Å². The van der Waals surface area contributed by atoms with E-state index in [1.54, 1.807) is 0 Å². The zero-order valence-electron chi connectivity index (χ0n) is 9.74. The number of hydrogen-bond acceptors (Lipinski definition) is 4. The Balaban J connectivity index is 1.99. The number of rotatable bonds is 4. The largest absolute Gasteiger partial charge is 0.493 e. The van der Waals surface area contributed by atoms with E-state index in [0.29, 0.717) is 13.2 Å². The van der Waals surface area contributed by atoms with Gasteiger partial charge in [-0.2, -0.15) is 0 Å². The van der Waals surface area contributed by atoms with Crippen molar-refractivity contribution in [3.8, 4) is 5.75 Å². The number of fused-ring (bicyclic) bond motifs is 1. The zero-order valence-corrected chi connectivity index (χ0v) is 11.3. The monoisotopic (exact) mass is 315 g/mol. The average molecular weight is 316 g/mol. The second kappa shape index (κ2) is 6.06. The minimum atomic E-state index is -0.546. The molecule has 0 fully saturated rings. The zero-order chi connectivity index (χ0) is 13.0. The number of alkyl carbamates (subject to hydrolysis) is 1. The Morgan fingerprint density at radius 3 is 3.17 bits per heavy atom. The highest BCUT2D eigenvalue weighted by Crippen LogP contribution is 2.32. The lowest BCUT2D eigenvalue weighted by Gasteiger charge is -2.10. The van der Waals surface area contributed by atoms with E-state index >= 15 is 0 Å². The molecule has 0 saturated carbocycles. The number of carbonyl (C=O) groups excluding carboxylic acids is 1. The Morgan fingerprint density at radius 2 is 2.39 bits per heavy atom. The van der Waals surface area contributed by atoms with E-state index in [1.807, 2.05) is 12.1 Å². The van der Waals surface area contributed by atoms with Crippen LogP contribution in [0, 0.1) is 0 Å². The summed E-state index contributed by atoms with van der Waals surface area (Å²) in [5.41, 5.74) is 2.06. The third-order valence-electron chi connectivity index (χ3n) is 2.57. The molecule has 0 aliphatic carbocycles. The van der Waals surface area contributed by atoms with Crippen LogP contribution in [0.3, 0.4) is 0 Å². The number of amides is 1. The molecule has 1 aromatic carbocycles. The summed E-state index contributed by atoms with van der Waals surface area (Å²) in [5, 5.41) is 11.2. The van der Waals surface area contributed by atoms with E-state index in [-0.39, 0.29) is 13.2 Å².